The molecule has 0 aromatic carbocycles. The minimum atomic E-state index is 0.580. The summed E-state index contributed by atoms with van der Waals surface area (Å²) in [4.78, 5) is 0. The van der Waals surface area contributed by atoms with E-state index in [0.717, 1.165) is 24.3 Å². The lowest BCUT2D eigenvalue weighted by atomic mass is 9.63. The van der Waals surface area contributed by atoms with Crippen LogP contribution in [0.4, 0.5) is 0 Å². The lowest BCUT2D eigenvalue weighted by Gasteiger charge is -2.43. The molecular formula is C15H31N. The lowest BCUT2D eigenvalue weighted by molar-refractivity contribution is 0.0776. The summed E-state index contributed by atoms with van der Waals surface area (Å²) in [5.41, 5.74) is 0.580. The predicted octanol–water partition coefficient (Wildman–Crippen LogP) is 4.08. The van der Waals surface area contributed by atoms with Gasteiger partial charge < -0.3 is 5.32 Å². The Morgan fingerprint density at radius 2 is 2.00 bits per heavy atom. The quantitative estimate of drug-likeness (QED) is 0.743. The molecule has 3 unspecified atom stereocenters. The third-order valence-electron chi connectivity index (χ3n) is 4.62. The molecule has 1 fully saturated rings. The van der Waals surface area contributed by atoms with Crippen molar-refractivity contribution < 1.29 is 0 Å². The van der Waals surface area contributed by atoms with Crippen molar-refractivity contribution in [1.82, 2.24) is 5.32 Å². The summed E-state index contributed by atoms with van der Waals surface area (Å²) >= 11 is 0. The number of hydrogen-bond donors (Lipinski definition) is 1. The Morgan fingerprint density at radius 1 is 1.31 bits per heavy atom. The molecule has 1 aliphatic carbocycles. The van der Waals surface area contributed by atoms with Gasteiger partial charge in [-0.1, -0.05) is 41.0 Å². The van der Waals surface area contributed by atoms with Gasteiger partial charge in [-0.3, -0.25) is 0 Å². The van der Waals surface area contributed by atoms with Crippen LogP contribution in [-0.4, -0.2) is 13.1 Å². The molecule has 0 spiro atoms. The summed E-state index contributed by atoms with van der Waals surface area (Å²) in [6.45, 7) is 14.3. The first-order chi connectivity index (χ1) is 7.50. The average molecular weight is 225 g/mol. The molecule has 3 atom stereocenters. The van der Waals surface area contributed by atoms with E-state index in [1.165, 1.54) is 32.2 Å². The average Bonchev–Trinajstić information content (AvgIpc) is 2.25. The van der Waals surface area contributed by atoms with E-state index in [2.05, 4.69) is 39.9 Å². The fraction of sp³-hybridized carbons (Fsp3) is 1.00. The van der Waals surface area contributed by atoms with Gasteiger partial charge in [0.05, 0.1) is 0 Å². The fourth-order valence-electron chi connectivity index (χ4n) is 3.25. The van der Waals surface area contributed by atoms with Gasteiger partial charge in [0.25, 0.3) is 0 Å². The Hall–Kier alpha value is -0.0400. The Morgan fingerprint density at radius 3 is 2.56 bits per heavy atom. The molecule has 96 valence electrons. The van der Waals surface area contributed by atoms with Crippen molar-refractivity contribution in [3.8, 4) is 0 Å². The van der Waals surface area contributed by atoms with E-state index in [0.29, 0.717) is 5.41 Å². The highest BCUT2D eigenvalue weighted by Gasteiger charge is 2.36. The Kier molecular flexibility index (Phi) is 5.30. The van der Waals surface area contributed by atoms with Crippen LogP contribution >= 0.6 is 0 Å². The molecule has 1 heteroatoms. The molecule has 0 bridgehead atoms. The lowest BCUT2D eigenvalue weighted by Crippen LogP contribution is -2.38. The van der Waals surface area contributed by atoms with Gasteiger partial charge in [0.1, 0.15) is 0 Å². The molecule has 0 aromatic heterocycles. The van der Waals surface area contributed by atoms with E-state index in [4.69, 9.17) is 0 Å². The topological polar surface area (TPSA) is 12.0 Å². The van der Waals surface area contributed by atoms with Crippen molar-refractivity contribution >= 4 is 0 Å². The molecule has 0 saturated heterocycles. The second kappa shape index (κ2) is 6.05. The molecule has 1 N–H and O–H groups in total. The number of nitrogens with one attached hydrogen (secondary N) is 1. The summed E-state index contributed by atoms with van der Waals surface area (Å²) in [7, 11) is 0. The highest BCUT2D eigenvalue weighted by molar-refractivity contribution is 4.87. The Balaban J connectivity index is 2.60. The first-order valence-corrected chi connectivity index (χ1v) is 7.21. The summed E-state index contributed by atoms with van der Waals surface area (Å²) < 4.78 is 0. The molecule has 1 rings (SSSR count). The molecule has 0 heterocycles. The van der Waals surface area contributed by atoms with Crippen molar-refractivity contribution in [2.24, 2.45) is 23.2 Å². The van der Waals surface area contributed by atoms with Gasteiger partial charge in [0.2, 0.25) is 0 Å². The molecule has 1 aliphatic rings. The van der Waals surface area contributed by atoms with Crippen LogP contribution in [0.25, 0.3) is 0 Å². The van der Waals surface area contributed by atoms with Crippen LogP contribution in [0, 0.1) is 23.2 Å². The Labute approximate surface area is 102 Å². The highest BCUT2D eigenvalue weighted by atomic mass is 14.8. The van der Waals surface area contributed by atoms with Crippen molar-refractivity contribution in [2.75, 3.05) is 13.1 Å². The molecule has 16 heavy (non-hydrogen) atoms. The van der Waals surface area contributed by atoms with Crippen molar-refractivity contribution in [3.63, 3.8) is 0 Å². The van der Waals surface area contributed by atoms with Crippen molar-refractivity contribution in [1.29, 1.82) is 0 Å². The first kappa shape index (κ1) is 14.0. The molecule has 0 aliphatic heterocycles. The number of hydrogen-bond acceptors (Lipinski definition) is 1. The van der Waals surface area contributed by atoms with Crippen LogP contribution in [0.3, 0.4) is 0 Å². The summed E-state index contributed by atoms with van der Waals surface area (Å²) in [6, 6.07) is 0. The molecule has 0 aromatic rings. The van der Waals surface area contributed by atoms with Gasteiger partial charge in [0.15, 0.2) is 0 Å². The van der Waals surface area contributed by atoms with Gasteiger partial charge in [-0.15, -0.1) is 0 Å². The van der Waals surface area contributed by atoms with Crippen LogP contribution in [0.2, 0.25) is 0 Å². The van der Waals surface area contributed by atoms with Crippen LogP contribution in [0.15, 0.2) is 0 Å². The van der Waals surface area contributed by atoms with Gasteiger partial charge in [-0.2, -0.15) is 0 Å². The van der Waals surface area contributed by atoms with Crippen molar-refractivity contribution in [3.05, 3.63) is 0 Å². The van der Waals surface area contributed by atoms with E-state index in [1.54, 1.807) is 0 Å². The maximum atomic E-state index is 3.55. The van der Waals surface area contributed by atoms with E-state index < -0.39 is 0 Å². The van der Waals surface area contributed by atoms with E-state index in [-0.39, 0.29) is 0 Å². The van der Waals surface area contributed by atoms with E-state index in [9.17, 15) is 0 Å². The maximum Gasteiger partial charge on any atom is -0.00179 e. The second-order valence-electron chi connectivity index (χ2n) is 6.52. The van der Waals surface area contributed by atoms with Crippen molar-refractivity contribution in [2.45, 2.75) is 60.3 Å². The van der Waals surface area contributed by atoms with Crippen LogP contribution in [0.5, 0.6) is 0 Å². The zero-order chi connectivity index (χ0) is 12.2. The van der Waals surface area contributed by atoms with E-state index in [1.807, 2.05) is 0 Å². The molecular weight excluding hydrogens is 194 g/mol. The first-order valence-electron chi connectivity index (χ1n) is 7.21. The second-order valence-corrected chi connectivity index (χ2v) is 6.52. The monoisotopic (exact) mass is 225 g/mol. The molecule has 1 saturated carbocycles. The van der Waals surface area contributed by atoms with Gasteiger partial charge in [0, 0.05) is 0 Å². The smallest absolute Gasteiger partial charge is 0.00179 e. The van der Waals surface area contributed by atoms with Gasteiger partial charge >= 0.3 is 0 Å². The third kappa shape index (κ3) is 3.76. The minimum absolute atomic E-state index is 0.580. The zero-order valence-electron chi connectivity index (χ0n) is 12.0. The van der Waals surface area contributed by atoms with Crippen LogP contribution in [0.1, 0.15) is 60.3 Å². The molecule has 0 radical (unpaired) electrons. The minimum Gasteiger partial charge on any atom is -0.317 e. The summed E-state index contributed by atoms with van der Waals surface area (Å²) in [5.74, 6) is 2.75. The largest absolute Gasteiger partial charge is 0.317 e. The van der Waals surface area contributed by atoms with E-state index >= 15 is 0 Å². The van der Waals surface area contributed by atoms with Crippen LogP contribution < -0.4 is 5.32 Å². The standard InChI is InChI=1S/C15H31N/c1-6-12(3)14-10-15(4,5)9-8-13(14)11-16-7-2/h12-14,16H,6-11H2,1-5H3. The summed E-state index contributed by atoms with van der Waals surface area (Å²) in [5, 5.41) is 3.55. The zero-order valence-corrected chi connectivity index (χ0v) is 12.0. The SMILES string of the molecule is CCNCC1CCC(C)(C)CC1C(C)CC. The van der Waals surface area contributed by atoms with Gasteiger partial charge in [-0.05, 0) is 55.5 Å². The van der Waals surface area contributed by atoms with Gasteiger partial charge in [-0.25, -0.2) is 0 Å². The normalized spacial score (nSPS) is 31.3. The number of rotatable bonds is 5. The predicted molar refractivity (Wildman–Crippen MR) is 72.6 cm³/mol. The fourth-order valence-corrected chi connectivity index (χ4v) is 3.25. The third-order valence-corrected chi connectivity index (χ3v) is 4.62. The molecule has 1 nitrogen and oxygen atoms in total. The molecule has 0 amide bonds. The summed E-state index contributed by atoms with van der Waals surface area (Å²) in [6.07, 6.45) is 5.60. The Bertz CT molecular complexity index is 198. The highest BCUT2D eigenvalue weighted by Crippen LogP contribution is 2.45. The van der Waals surface area contributed by atoms with Crippen LogP contribution in [-0.2, 0) is 0 Å². The maximum absolute atomic E-state index is 3.55.